The van der Waals surface area contributed by atoms with Crippen LogP contribution in [0.5, 0.6) is 0 Å². The van der Waals surface area contributed by atoms with Crippen molar-refractivity contribution in [3.63, 3.8) is 0 Å². The Morgan fingerprint density at radius 1 is 1.19 bits per heavy atom. The molecule has 0 bridgehead atoms. The molecule has 0 aliphatic heterocycles. The first kappa shape index (κ1) is 13.5. The molecular weight excluding hydrogens is 200 g/mol. The fraction of sp³-hybridized carbons (Fsp3) is 0.923. The van der Waals surface area contributed by atoms with Crippen LogP contribution in [0.25, 0.3) is 0 Å². The van der Waals surface area contributed by atoms with Crippen molar-refractivity contribution in [3.8, 4) is 0 Å². The van der Waals surface area contributed by atoms with Crippen LogP contribution in [0.3, 0.4) is 0 Å². The van der Waals surface area contributed by atoms with Crippen LogP contribution < -0.4 is 10.6 Å². The lowest BCUT2D eigenvalue weighted by Gasteiger charge is -2.05. The van der Waals surface area contributed by atoms with Crippen molar-refractivity contribution in [3.05, 3.63) is 0 Å². The summed E-state index contributed by atoms with van der Waals surface area (Å²) in [7, 11) is 0. The monoisotopic (exact) mass is 226 g/mol. The molecule has 0 unspecified atom stereocenters. The first-order chi connectivity index (χ1) is 7.83. The van der Waals surface area contributed by atoms with Crippen LogP contribution in [0.2, 0.25) is 0 Å². The Kier molecular flexibility index (Phi) is 7.23. The molecule has 0 saturated heterocycles. The highest BCUT2D eigenvalue weighted by molar-refractivity contribution is 5.75. The average molecular weight is 226 g/mol. The summed E-state index contributed by atoms with van der Waals surface area (Å²) >= 11 is 0. The number of carbonyl (C=O) groups is 1. The van der Waals surface area contributed by atoms with Crippen molar-refractivity contribution in [1.82, 2.24) is 10.6 Å². The van der Waals surface area contributed by atoms with Gasteiger partial charge in [0.05, 0.1) is 0 Å². The Balaban J connectivity index is 1.74. The minimum Gasteiger partial charge on any atom is -0.356 e. The van der Waals surface area contributed by atoms with Gasteiger partial charge in [0.15, 0.2) is 0 Å². The molecule has 0 atom stereocenters. The van der Waals surface area contributed by atoms with E-state index in [1.165, 1.54) is 25.8 Å². The van der Waals surface area contributed by atoms with E-state index in [1.807, 2.05) is 0 Å². The summed E-state index contributed by atoms with van der Waals surface area (Å²) in [5, 5.41) is 6.42. The molecule has 0 aromatic rings. The van der Waals surface area contributed by atoms with Gasteiger partial charge in [-0.1, -0.05) is 13.3 Å². The zero-order valence-corrected chi connectivity index (χ0v) is 10.6. The fourth-order valence-electron chi connectivity index (χ4n) is 1.66. The SMILES string of the molecule is CCCCC(=O)NCCCCNCC1CC1. The molecule has 1 saturated carbocycles. The Bertz CT molecular complexity index is 190. The van der Waals surface area contributed by atoms with Gasteiger partial charge >= 0.3 is 0 Å². The maximum atomic E-state index is 11.3. The molecule has 0 aromatic carbocycles. The first-order valence-electron chi connectivity index (χ1n) is 6.80. The van der Waals surface area contributed by atoms with Gasteiger partial charge in [-0.3, -0.25) is 4.79 Å². The Morgan fingerprint density at radius 2 is 1.94 bits per heavy atom. The lowest BCUT2D eigenvalue weighted by molar-refractivity contribution is -0.121. The standard InChI is InChI=1S/C13H26N2O/c1-2-3-6-13(16)15-10-5-4-9-14-11-12-7-8-12/h12,14H,2-11H2,1H3,(H,15,16). The molecule has 1 aliphatic rings. The van der Waals surface area contributed by atoms with Crippen LogP contribution in [-0.2, 0) is 4.79 Å². The smallest absolute Gasteiger partial charge is 0.219 e. The van der Waals surface area contributed by atoms with E-state index in [4.69, 9.17) is 0 Å². The summed E-state index contributed by atoms with van der Waals surface area (Å²) < 4.78 is 0. The summed E-state index contributed by atoms with van der Waals surface area (Å²) in [4.78, 5) is 11.3. The van der Waals surface area contributed by atoms with Crippen molar-refractivity contribution < 1.29 is 4.79 Å². The van der Waals surface area contributed by atoms with Crippen LogP contribution in [0, 0.1) is 5.92 Å². The first-order valence-corrected chi connectivity index (χ1v) is 6.80. The quantitative estimate of drug-likeness (QED) is 0.560. The molecule has 0 spiro atoms. The molecule has 1 fully saturated rings. The Hall–Kier alpha value is -0.570. The van der Waals surface area contributed by atoms with Gasteiger partial charge in [-0.05, 0) is 51.1 Å². The number of amides is 1. The second-order valence-corrected chi connectivity index (χ2v) is 4.81. The fourth-order valence-corrected chi connectivity index (χ4v) is 1.66. The van der Waals surface area contributed by atoms with E-state index in [1.54, 1.807) is 0 Å². The number of carbonyl (C=O) groups excluding carboxylic acids is 1. The van der Waals surface area contributed by atoms with Crippen LogP contribution in [0.1, 0.15) is 51.9 Å². The normalized spacial score (nSPS) is 15.1. The number of rotatable bonds is 10. The van der Waals surface area contributed by atoms with E-state index in [2.05, 4.69) is 17.6 Å². The van der Waals surface area contributed by atoms with Gasteiger partial charge in [0.1, 0.15) is 0 Å². The molecule has 1 rings (SSSR count). The van der Waals surface area contributed by atoms with E-state index in [9.17, 15) is 4.79 Å². The molecule has 3 heteroatoms. The van der Waals surface area contributed by atoms with E-state index < -0.39 is 0 Å². The number of nitrogens with one attached hydrogen (secondary N) is 2. The highest BCUT2D eigenvalue weighted by Gasteiger charge is 2.19. The van der Waals surface area contributed by atoms with Gasteiger partial charge in [0.25, 0.3) is 0 Å². The summed E-state index contributed by atoms with van der Waals surface area (Å²) in [5.74, 6) is 1.18. The second-order valence-electron chi connectivity index (χ2n) is 4.81. The van der Waals surface area contributed by atoms with Crippen LogP contribution in [0.4, 0.5) is 0 Å². The van der Waals surface area contributed by atoms with Crippen molar-refractivity contribution in [1.29, 1.82) is 0 Å². The van der Waals surface area contributed by atoms with Gasteiger partial charge in [0.2, 0.25) is 5.91 Å². The zero-order chi connectivity index (χ0) is 11.6. The van der Waals surface area contributed by atoms with Crippen molar-refractivity contribution in [2.45, 2.75) is 51.9 Å². The largest absolute Gasteiger partial charge is 0.356 e. The van der Waals surface area contributed by atoms with E-state index in [0.717, 1.165) is 38.3 Å². The minimum atomic E-state index is 0.216. The average Bonchev–Trinajstić information content (AvgIpc) is 3.09. The van der Waals surface area contributed by atoms with Crippen LogP contribution in [0.15, 0.2) is 0 Å². The third-order valence-corrected chi connectivity index (χ3v) is 2.99. The molecular formula is C13H26N2O. The number of hydrogen-bond acceptors (Lipinski definition) is 2. The third-order valence-electron chi connectivity index (χ3n) is 2.99. The lowest BCUT2D eigenvalue weighted by atomic mass is 10.2. The van der Waals surface area contributed by atoms with Crippen molar-refractivity contribution >= 4 is 5.91 Å². The van der Waals surface area contributed by atoms with Crippen molar-refractivity contribution in [2.24, 2.45) is 5.92 Å². The van der Waals surface area contributed by atoms with Crippen LogP contribution >= 0.6 is 0 Å². The molecule has 0 heterocycles. The van der Waals surface area contributed by atoms with E-state index in [-0.39, 0.29) is 5.91 Å². The lowest BCUT2D eigenvalue weighted by Crippen LogP contribution is -2.25. The maximum Gasteiger partial charge on any atom is 0.219 e. The molecule has 3 nitrogen and oxygen atoms in total. The molecule has 0 aromatic heterocycles. The van der Waals surface area contributed by atoms with Gasteiger partial charge in [-0.15, -0.1) is 0 Å². The molecule has 2 N–H and O–H groups in total. The van der Waals surface area contributed by atoms with E-state index in [0.29, 0.717) is 6.42 Å². The van der Waals surface area contributed by atoms with E-state index >= 15 is 0 Å². The van der Waals surface area contributed by atoms with Gasteiger partial charge in [-0.2, -0.15) is 0 Å². The summed E-state index contributed by atoms with van der Waals surface area (Å²) in [5.41, 5.74) is 0. The number of hydrogen-bond donors (Lipinski definition) is 2. The maximum absolute atomic E-state index is 11.3. The minimum absolute atomic E-state index is 0.216. The van der Waals surface area contributed by atoms with Crippen LogP contribution in [-0.4, -0.2) is 25.5 Å². The molecule has 1 amide bonds. The second kappa shape index (κ2) is 8.57. The van der Waals surface area contributed by atoms with Gasteiger partial charge in [0, 0.05) is 13.0 Å². The highest BCUT2D eigenvalue weighted by atomic mass is 16.1. The Labute approximate surface area is 99.4 Å². The predicted molar refractivity (Wildman–Crippen MR) is 67.4 cm³/mol. The zero-order valence-electron chi connectivity index (χ0n) is 10.6. The Morgan fingerprint density at radius 3 is 2.62 bits per heavy atom. The molecule has 0 radical (unpaired) electrons. The molecule has 16 heavy (non-hydrogen) atoms. The molecule has 94 valence electrons. The highest BCUT2D eigenvalue weighted by Crippen LogP contribution is 2.27. The molecule has 1 aliphatic carbocycles. The van der Waals surface area contributed by atoms with Gasteiger partial charge in [-0.25, -0.2) is 0 Å². The summed E-state index contributed by atoms with van der Waals surface area (Å²) in [6, 6.07) is 0. The number of unbranched alkanes of at least 4 members (excludes halogenated alkanes) is 2. The summed E-state index contributed by atoms with van der Waals surface area (Å²) in [6.07, 6.45) is 7.89. The summed E-state index contributed by atoms with van der Waals surface area (Å²) in [6.45, 7) is 5.25. The topological polar surface area (TPSA) is 41.1 Å². The third kappa shape index (κ3) is 7.69. The van der Waals surface area contributed by atoms with Crippen molar-refractivity contribution in [2.75, 3.05) is 19.6 Å². The van der Waals surface area contributed by atoms with Gasteiger partial charge < -0.3 is 10.6 Å². The predicted octanol–water partition coefficient (Wildman–Crippen LogP) is 2.07.